The smallest absolute Gasteiger partial charge is 0.160 e. The first-order valence-electron chi connectivity index (χ1n) is 10.1. The monoisotopic (exact) mass is 357 g/mol. The van der Waals surface area contributed by atoms with Crippen LogP contribution in [0.5, 0.6) is 0 Å². The van der Waals surface area contributed by atoms with Crippen LogP contribution in [0.25, 0.3) is 5.65 Å². The summed E-state index contributed by atoms with van der Waals surface area (Å²) in [5.74, 6) is 2.04. The van der Waals surface area contributed by atoms with Crippen LogP contribution in [0.2, 0.25) is 0 Å². The van der Waals surface area contributed by atoms with Gasteiger partial charge in [0.1, 0.15) is 5.82 Å². The first-order chi connectivity index (χ1) is 12.6. The first-order valence-corrected chi connectivity index (χ1v) is 10.1. The summed E-state index contributed by atoms with van der Waals surface area (Å²) in [6.07, 6.45) is 4.52. The number of anilines is 1. The fourth-order valence-electron chi connectivity index (χ4n) is 4.07. The highest BCUT2D eigenvalue weighted by molar-refractivity contribution is 5.57. The number of rotatable bonds is 6. The number of aliphatic hydroxyl groups excluding tert-OH is 1. The van der Waals surface area contributed by atoms with Gasteiger partial charge < -0.3 is 10.0 Å². The molecule has 1 saturated heterocycles. The van der Waals surface area contributed by atoms with Crippen molar-refractivity contribution in [3.63, 3.8) is 0 Å². The molecule has 0 spiro atoms. The highest BCUT2D eigenvalue weighted by Crippen LogP contribution is 2.32. The number of piperazine rings is 1. The van der Waals surface area contributed by atoms with E-state index in [-0.39, 0.29) is 6.61 Å². The zero-order chi connectivity index (χ0) is 18.3. The van der Waals surface area contributed by atoms with Crippen LogP contribution >= 0.6 is 0 Å². The second-order valence-corrected chi connectivity index (χ2v) is 7.96. The lowest BCUT2D eigenvalue weighted by Crippen LogP contribution is -2.54. The molecule has 0 amide bonds. The van der Waals surface area contributed by atoms with Gasteiger partial charge in [-0.05, 0) is 45.4 Å². The zero-order valence-corrected chi connectivity index (χ0v) is 16.3. The highest BCUT2D eigenvalue weighted by atomic mass is 16.3. The lowest BCUT2D eigenvalue weighted by Gasteiger charge is -2.42. The van der Waals surface area contributed by atoms with E-state index in [1.54, 1.807) is 0 Å². The van der Waals surface area contributed by atoms with Crippen molar-refractivity contribution in [1.29, 1.82) is 0 Å². The molecule has 2 aromatic rings. The van der Waals surface area contributed by atoms with Crippen molar-refractivity contribution in [2.45, 2.75) is 52.5 Å². The lowest BCUT2D eigenvalue weighted by atomic mass is 10.1. The van der Waals surface area contributed by atoms with Gasteiger partial charge in [0.05, 0.1) is 5.69 Å². The van der Waals surface area contributed by atoms with Crippen molar-refractivity contribution in [3.8, 4) is 0 Å². The SMILES string of the molecule is CCc1cc(N2CCN(CC3CC3)[C@@H](CCO)C2)n2nc(C)c(C)c2n1. The van der Waals surface area contributed by atoms with E-state index in [1.807, 2.05) is 4.52 Å². The first kappa shape index (κ1) is 17.7. The van der Waals surface area contributed by atoms with Crippen molar-refractivity contribution in [2.24, 2.45) is 5.92 Å². The minimum Gasteiger partial charge on any atom is -0.396 e. The van der Waals surface area contributed by atoms with Crippen molar-refractivity contribution in [3.05, 3.63) is 23.0 Å². The molecule has 2 fully saturated rings. The van der Waals surface area contributed by atoms with E-state index in [2.05, 4.69) is 36.6 Å². The molecule has 1 saturated carbocycles. The molecule has 2 aromatic heterocycles. The van der Waals surface area contributed by atoms with Gasteiger partial charge in [-0.2, -0.15) is 9.61 Å². The molecule has 4 rings (SSSR count). The van der Waals surface area contributed by atoms with E-state index in [4.69, 9.17) is 10.1 Å². The van der Waals surface area contributed by atoms with Crippen molar-refractivity contribution in [1.82, 2.24) is 19.5 Å². The van der Waals surface area contributed by atoms with Crippen LogP contribution in [-0.2, 0) is 6.42 Å². The van der Waals surface area contributed by atoms with E-state index in [9.17, 15) is 5.11 Å². The molecule has 26 heavy (non-hydrogen) atoms. The quantitative estimate of drug-likeness (QED) is 0.859. The summed E-state index contributed by atoms with van der Waals surface area (Å²) in [5.41, 5.74) is 4.32. The molecular weight excluding hydrogens is 326 g/mol. The summed E-state index contributed by atoms with van der Waals surface area (Å²) < 4.78 is 2.02. The Labute approximate surface area is 155 Å². The Balaban J connectivity index is 1.65. The van der Waals surface area contributed by atoms with Crippen LogP contribution in [0.3, 0.4) is 0 Å². The second kappa shape index (κ2) is 7.16. The molecule has 3 heterocycles. The molecule has 1 N–H and O–H groups in total. The number of nitrogens with zero attached hydrogens (tertiary/aromatic N) is 5. The maximum atomic E-state index is 9.56. The summed E-state index contributed by atoms with van der Waals surface area (Å²) in [6.45, 7) is 10.8. The maximum Gasteiger partial charge on any atom is 0.160 e. The Morgan fingerprint density at radius 2 is 2.04 bits per heavy atom. The van der Waals surface area contributed by atoms with Crippen molar-refractivity contribution in [2.75, 3.05) is 37.7 Å². The fraction of sp³-hybridized carbons (Fsp3) is 0.700. The normalized spacial score (nSPS) is 21.7. The van der Waals surface area contributed by atoms with E-state index < -0.39 is 0 Å². The summed E-state index contributed by atoms with van der Waals surface area (Å²) in [6, 6.07) is 2.62. The third-order valence-electron chi connectivity index (χ3n) is 6.03. The van der Waals surface area contributed by atoms with E-state index in [0.29, 0.717) is 6.04 Å². The van der Waals surface area contributed by atoms with Crippen LogP contribution in [0.15, 0.2) is 6.07 Å². The molecule has 1 atom stereocenters. The second-order valence-electron chi connectivity index (χ2n) is 7.96. The van der Waals surface area contributed by atoms with Gasteiger partial charge in [0, 0.05) is 56.2 Å². The van der Waals surface area contributed by atoms with Crippen LogP contribution < -0.4 is 4.90 Å². The summed E-state index contributed by atoms with van der Waals surface area (Å²) >= 11 is 0. The molecule has 2 aliphatic rings. The predicted octanol–water partition coefficient (Wildman–Crippen LogP) is 2.19. The standard InChI is InChI=1S/C20H31N5O/c1-4-17-11-19(25-20(21-17)14(2)15(3)22-25)24-9-8-23(12-16-5-6-16)18(13-24)7-10-26/h11,16,18,26H,4-10,12-13H2,1-3H3/t18-/m0/s1. The Kier molecular flexibility index (Phi) is 4.88. The highest BCUT2D eigenvalue weighted by Gasteiger charge is 2.32. The summed E-state index contributed by atoms with van der Waals surface area (Å²) in [5, 5.41) is 14.3. The average Bonchev–Trinajstić information content (AvgIpc) is 3.42. The number of hydrogen-bond acceptors (Lipinski definition) is 5. The number of aliphatic hydroxyl groups is 1. The number of aryl methyl sites for hydroxylation is 3. The van der Waals surface area contributed by atoms with Crippen molar-refractivity contribution >= 4 is 11.5 Å². The minimum atomic E-state index is 0.256. The predicted molar refractivity (Wildman–Crippen MR) is 104 cm³/mol. The Bertz CT molecular complexity index is 782. The molecule has 0 aromatic carbocycles. The average molecular weight is 358 g/mol. The largest absolute Gasteiger partial charge is 0.396 e. The van der Waals surface area contributed by atoms with E-state index in [0.717, 1.165) is 61.2 Å². The molecule has 142 valence electrons. The van der Waals surface area contributed by atoms with Crippen molar-refractivity contribution < 1.29 is 5.11 Å². The summed E-state index contributed by atoms with van der Waals surface area (Å²) in [7, 11) is 0. The summed E-state index contributed by atoms with van der Waals surface area (Å²) in [4.78, 5) is 9.86. The minimum absolute atomic E-state index is 0.256. The molecule has 0 bridgehead atoms. The van der Waals surface area contributed by atoms with Gasteiger partial charge in [-0.15, -0.1) is 0 Å². The molecule has 1 aliphatic heterocycles. The molecule has 0 unspecified atom stereocenters. The molecule has 0 radical (unpaired) electrons. The van der Waals surface area contributed by atoms with Gasteiger partial charge in [0.25, 0.3) is 0 Å². The van der Waals surface area contributed by atoms with Crippen LogP contribution in [0.1, 0.15) is 43.1 Å². The Hall–Kier alpha value is -1.66. The van der Waals surface area contributed by atoms with Gasteiger partial charge in [0.2, 0.25) is 0 Å². The van der Waals surface area contributed by atoms with E-state index >= 15 is 0 Å². The van der Waals surface area contributed by atoms with Crippen LogP contribution in [-0.4, -0.2) is 63.4 Å². The Morgan fingerprint density at radius 3 is 2.73 bits per heavy atom. The van der Waals surface area contributed by atoms with Gasteiger partial charge in [-0.1, -0.05) is 6.92 Å². The topological polar surface area (TPSA) is 56.9 Å². The van der Waals surface area contributed by atoms with Gasteiger partial charge in [0.15, 0.2) is 5.65 Å². The zero-order valence-electron chi connectivity index (χ0n) is 16.3. The number of fused-ring (bicyclic) bond motifs is 1. The van der Waals surface area contributed by atoms with Crippen LogP contribution in [0.4, 0.5) is 5.82 Å². The molecule has 1 aliphatic carbocycles. The Morgan fingerprint density at radius 1 is 1.23 bits per heavy atom. The third kappa shape index (κ3) is 3.32. The molecule has 6 heteroatoms. The third-order valence-corrected chi connectivity index (χ3v) is 6.03. The van der Waals surface area contributed by atoms with Gasteiger partial charge in [-0.25, -0.2) is 4.98 Å². The van der Waals surface area contributed by atoms with E-state index in [1.165, 1.54) is 24.9 Å². The van der Waals surface area contributed by atoms with Gasteiger partial charge >= 0.3 is 0 Å². The molecule has 6 nitrogen and oxygen atoms in total. The molecular formula is C20H31N5O. The van der Waals surface area contributed by atoms with Gasteiger partial charge in [-0.3, -0.25) is 4.90 Å². The van der Waals surface area contributed by atoms with Crippen LogP contribution in [0, 0.1) is 19.8 Å². The maximum absolute atomic E-state index is 9.56. The fourth-order valence-corrected chi connectivity index (χ4v) is 4.07. The lowest BCUT2D eigenvalue weighted by molar-refractivity contribution is 0.136. The number of hydrogen-bond donors (Lipinski definition) is 1. The number of aromatic nitrogens is 3.